The quantitative estimate of drug-likeness (QED) is 0.787. The van der Waals surface area contributed by atoms with Gasteiger partial charge in [-0.25, -0.2) is 0 Å². The summed E-state index contributed by atoms with van der Waals surface area (Å²) in [6, 6.07) is 3.93. The van der Waals surface area contributed by atoms with E-state index in [1.807, 2.05) is 6.07 Å². The lowest BCUT2D eigenvalue weighted by molar-refractivity contribution is -0.198. The van der Waals surface area contributed by atoms with Crippen LogP contribution in [-0.2, 0) is 21.4 Å². The van der Waals surface area contributed by atoms with Gasteiger partial charge in [-0.15, -0.1) is 17.0 Å². The van der Waals surface area contributed by atoms with Gasteiger partial charge in [0.15, 0.2) is 23.4 Å². The number of likely N-dealkylation sites (N-methyl/N-ethyl adjacent to an activating group) is 1. The van der Waals surface area contributed by atoms with E-state index in [1.165, 1.54) is 5.56 Å². The number of ketones is 1. The van der Waals surface area contributed by atoms with Crippen molar-refractivity contribution in [2.24, 2.45) is 0 Å². The summed E-state index contributed by atoms with van der Waals surface area (Å²) in [5.74, 6) is 0.805. The Morgan fingerprint density at radius 1 is 1.38 bits per heavy atom. The third-order valence-electron chi connectivity index (χ3n) is 6.85. The minimum Gasteiger partial charge on any atom is -0.504 e. The lowest BCUT2D eigenvalue weighted by Gasteiger charge is -2.63. The second-order valence-corrected chi connectivity index (χ2v) is 7.43. The van der Waals surface area contributed by atoms with Crippen molar-refractivity contribution < 1.29 is 19.4 Å². The van der Waals surface area contributed by atoms with E-state index in [9.17, 15) is 9.90 Å². The Morgan fingerprint density at radius 3 is 2.92 bits per heavy atom. The normalized spacial score (nSPS) is 39.0. The summed E-state index contributed by atoms with van der Waals surface area (Å²) in [6.07, 6.45) is 2.39. The molecule has 0 amide bonds. The van der Waals surface area contributed by atoms with E-state index >= 15 is 0 Å². The summed E-state index contributed by atoms with van der Waals surface area (Å²) in [6.45, 7) is 0.914. The fourth-order valence-electron chi connectivity index (χ4n) is 5.92. The first-order valence-electron chi connectivity index (χ1n) is 8.35. The lowest BCUT2D eigenvalue weighted by Crippen LogP contribution is -2.76. The van der Waals surface area contributed by atoms with Crippen LogP contribution < -0.4 is 4.74 Å². The highest BCUT2D eigenvalue weighted by atomic mass is 79.9. The molecule has 24 heavy (non-hydrogen) atoms. The molecule has 4 atom stereocenters. The number of ether oxygens (including phenoxy) is 2. The zero-order chi connectivity index (χ0) is 16.0. The lowest BCUT2D eigenvalue weighted by atomic mass is 9.49. The third kappa shape index (κ3) is 1.51. The molecule has 1 N–H and O–H groups in total. The summed E-state index contributed by atoms with van der Waals surface area (Å²) < 4.78 is 12.3. The van der Waals surface area contributed by atoms with E-state index in [0.29, 0.717) is 12.2 Å². The summed E-state index contributed by atoms with van der Waals surface area (Å²) >= 11 is 0. The number of nitrogens with zero attached hydrogens (tertiary/aromatic N) is 1. The Labute approximate surface area is 151 Å². The van der Waals surface area contributed by atoms with Crippen LogP contribution >= 0.6 is 17.0 Å². The van der Waals surface area contributed by atoms with Crippen molar-refractivity contribution in [3.63, 3.8) is 0 Å². The molecule has 130 valence electrons. The maximum atomic E-state index is 12.7. The molecule has 2 heterocycles. The minimum atomic E-state index is -0.519. The van der Waals surface area contributed by atoms with E-state index in [0.717, 1.165) is 31.4 Å². The first kappa shape index (κ1) is 16.4. The van der Waals surface area contributed by atoms with E-state index in [1.54, 1.807) is 13.2 Å². The van der Waals surface area contributed by atoms with Crippen molar-refractivity contribution in [3.8, 4) is 11.5 Å². The monoisotopic (exact) mass is 395 g/mol. The second-order valence-electron chi connectivity index (χ2n) is 7.43. The first-order valence-corrected chi connectivity index (χ1v) is 8.35. The molecule has 0 aromatic heterocycles. The number of benzene rings is 1. The van der Waals surface area contributed by atoms with Crippen LogP contribution in [0.3, 0.4) is 0 Å². The molecule has 1 aromatic rings. The highest BCUT2D eigenvalue weighted by Crippen LogP contribution is 2.65. The van der Waals surface area contributed by atoms with Crippen molar-refractivity contribution in [2.75, 3.05) is 20.7 Å². The summed E-state index contributed by atoms with van der Waals surface area (Å²) in [7, 11) is 3.92. The largest absolute Gasteiger partial charge is 0.504 e. The number of Topliss-reactive ketones (excluding diaryl/α,β-unsaturated/α-hetero) is 1. The molecule has 0 radical (unpaired) electrons. The number of carbonyl (C=O) groups excluding carboxylic acids is 1. The van der Waals surface area contributed by atoms with Gasteiger partial charge in [-0.2, -0.15) is 0 Å². The number of likely N-dealkylation sites (tertiary alicyclic amines) is 1. The molecule has 2 fully saturated rings. The van der Waals surface area contributed by atoms with E-state index < -0.39 is 17.1 Å². The molecule has 5 nitrogen and oxygen atoms in total. The van der Waals surface area contributed by atoms with Gasteiger partial charge in [-0.1, -0.05) is 6.07 Å². The fraction of sp³-hybridized carbons (Fsp3) is 0.611. The molecule has 5 rings (SSSR count). The molecule has 1 saturated carbocycles. The number of phenolic OH excluding ortho intramolecular Hbond substituents is 1. The topological polar surface area (TPSA) is 59.0 Å². The van der Waals surface area contributed by atoms with Crippen molar-refractivity contribution >= 4 is 22.8 Å². The molecular formula is C18H22BrNO4. The van der Waals surface area contributed by atoms with Gasteiger partial charge in [0.25, 0.3) is 0 Å². The zero-order valence-corrected chi connectivity index (χ0v) is 15.6. The van der Waals surface area contributed by atoms with Gasteiger partial charge in [0.2, 0.25) is 0 Å². The highest BCUT2D eigenvalue weighted by Gasteiger charge is 2.73. The molecule has 2 aliphatic heterocycles. The molecule has 1 saturated heterocycles. The van der Waals surface area contributed by atoms with Gasteiger partial charge in [0.05, 0.1) is 11.0 Å². The molecule has 1 spiro atoms. The molecular weight excluding hydrogens is 374 g/mol. The summed E-state index contributed by atoms with van der Waals surface area (Å²) in [5, 5.41) is 10.3. The number of carbonyl (C=O) groups is 1. The van der Waals surface area contributed by atoms with Gasteiger partial charge in [0.1, 0.15) is 0 Å². The SMILES string of the molecule is Br.CO[C@@]12CCC(=O)[C@@H]3Oc4c(O)ccc5c4[C@@]31CCN(C)C2C5. The predicted molar refractivity (Wildman–Crippen MR) is 93.2 cm³/mol. The fourth-order valence-corrected chi connectivity index (χ4v) is 5.92. The number of hydrogen-bond donors (Lipinski definition) is 1. The smallest absolute Gasteiger partial charge is 0.174 e. The van der Waals surface area contributed by atoms with Crippen molar-refractivity contribution in [3.05, 3.63) is 23.3 Å². The van der Waals surface area contributed by atoms with Crippen LogP contribution in [0.5, 0.6) is 11.5 Å². The Morgan fingerprint density at radius 2 is 2.17 bits per heavy atom. The van der Waals surface area contributed by atoms with Crippen LogP contribution in [0.25, 0.3) is 0 Å². The maximum Gasteiger partial charge on any atom is 0.174 e. The van der Waals surface area contributed by atoms with Crippen molar-refractivity contribution in [2.45, 2.75) is 48.8 Å². The van der Waals surface area contributed by atoms with Crippen LogP contribution in [0.15, 0.2) is 12.1 Å². The number of phenols is 1. The summed E-state index contributed by atoms with van der Waals surface area (Å²) in [5.41, 5.74) is 1.38. The molecule has 1 unspecified atom stereocenters. The van der Waals surface area contributed by atoms with Crippen LogP contribution in [0.2, 0.25) is 0 Å². The number of methoxy groups -OCH3 is 1. The van der Waals surface area contributed by atoms with Crippen molar-refractivity contribution in [1.82, 2.24) is 4.90 Å². The molecule has 2 aliphatic carbocycles. The molecule has 4 aliphatic rings. The van der Waals surface area contributed by atoms with Crippen LogP contribution in [0.1, 0.15) is 30.4 Å². The van der Waals surface area contributed by atoms with E-state index in [2.05, 4.69) is 11.9 Å². The zero-order valence-electron chi connectivity index (χ0n) is 13.9. The second kappa shape index (κ2) is 4.96. The number of hydrogen-bond acceptors (Lipinski definition) is 5. The van der Waals surface area contributed by atoms with Gasteiger partial charge >= 0.3 is 0 Å². The number of rotatable bonds is 1. The highest BCUT2D eigenvalue weighted by molar-refractivity contribution is 8.93. The maximum absolute atomic E-state index is 12.7. The van der Waals surface area contributed by atoms with Crippen molar-refractivity contribution in [1.29, 1.82) is 0 Å². The minimum absolute atomic E-state index is 0. The van der Waals surface area contributed by atoms with Crippen LogP contribution in [0, 0.1) is 0 Å². The molecule has 2 bridgehead atoms. The van der Waals surface area contributed by atoms with Crippen LogP contribution in [0.4, 0.5) is 0 Å². The standard InChI is InChI=1S/C18H21NO4.BrH/c1-19-8-7-17-14-10-3-4-11(20)15(14)23-16(17)12(21)5-6-18(17,22-2)13(19)9-10;/h3-4,13,16,20H,5-9H2,1-2H3;1H/t13?,16-,17-,18+;/m0./s1. The average Bonchev–Trinajstić information content (AvgIpc) is 2.91. The average molecular weight is 396 g/mol. The van der Waals surface area contributed by atoms with Gasteiger partial charge in [-0.3, -0.25) is 4.79 Å². The Kier molecular flexibility index (Phi) is 3.38. The van der Waals surface area contributed by atoms with Gasteiger partial charge in [0, 0.05) is 25.1 Å². The summed E-state index contributed by atoms with van der Waals surface area (Å²) in [4.78, 5) is 15.1. The number of halogens is 1. The Bertz CT molecular complexity index is 738. The Hall–Kier alpha value is -1.11. The van der Waals surface area contributed by atoms with E-state index in [-0.39, 0.29) is 34.6 Å². The molecule has 1 aromatic carbocycles. The van der Waals surface area contributed by atoms with Crippen LogP contribution in [-0.4, -0.2) is 54.2 Å². The first-order chi connectivity index (χ1) is 11.0. The third-order valence-corrected chi connectivity index (χ3v) is 6.85. The predicted octanol–water partition coefficient (Wildman–Crippen LogP) is 1.98. The number of aromatic hydroxyl groups is 1. The van der Waals surface area contributed by atoms with Gasteiger partial charge < -0.3 is 19.5 Å². The number of piperidine rings is 1. The Balaban J connectivity index is 0.00000146. The van der Waals surface area contributed by atoms with Gasteiger partial charge in [-0.05, 0) is 44.5 Å². The molecule has 6 heteroatoms. The van der Waals surface area contributed by atoms with E-state index in [4.69, 9.17) is 9.47 Å².